The van der Waals surface area contributed by atoms with Crippen LogP contribution in [0.4, 0.5) is 0 Å². The van der Waals surface area contributed by atoms with Crippen LogP contribution in [-0.4, -0.2) is 10.1 Å². The standard InChI is InChI=1S/C3H4BrN3O.ClH/c4-3-6-2(1-5)8-7-3;/h1,5H2;1H. The third-order valence-electron chi connectivity index (χ3n) is 0.618. The molecule has 0 aliphatic heterocycles. The molecule has 1 rings (SSSR count). The molecule has 4 nitrogen and oxygen atoms in total. The van der Waals surface area contributed by atoms with Gasteiger partial charge in [-0.25, -0.2) is 0 Å². The number of hydrogen-bond donors (Lipinski definition) is 1. The Balaban J connectivity index is 0.000000640. The lowest BCUT2D eigenvalue weighted by molar-refractivity contribution is 0.377. The van der Waals surface area contributed by atoms with Crippen molar-refractivity contribution in [3.8, 4) is 0 Å². The third-order valence-corrected chi connectivity index (χ3v) is 0.940. The Labute approximate surface area is 66.3 Å². The third kappa shape index (κ3) is 2.30. The van der Waals surface area contributed by atoms with Gasteiger partial charge in [-0.05, 0) is 21.1 Å². The van der Waals surface area contributed by atoms with Crippen molar-refractivity contribution in [1.82, 2.24) is 10.1 Å². The Hall–Kier alpha value is -0.130. The molecule has 1 aromatic rings. The van der Waals surface area contributed by atoms with Crippen molar-refractivity contribution in [3.05, 3.63) is 10.6 Å². The summed E-state index contributed by atoms with van der Waals surface area (Å²) >= 11 is 3.00. The minimum atomic E-state index is 0. The lowest BCUT2D eigenvalue weighted by atomic mass is 10.7. The largest absolute Gasteiger partial charge is 0.337 e. The maximum atomic E-state index is 5.15. The van der Waals surface area contributed by atoms with E-state index in [0.29, 0.717) is 17.2 Å². The number of nitrogens with two attached hydrogens (primary N) is 1. The quantitative estimate of drug-likeness (QED) is 0.748. The van der Waals surface area contributed by atoms with E-state index in [-0.39, 0.29) is 12.4 Å². The van der Waals surface area contributed by atoms with Crippen molar-refractivity contribution < 1.29 is 4.52 Å². The topological polar surface area (TPSA) is 64.9 Å². The smallest absolute Gasteiger partial charge is 0.241 e. The van der Waals surface area contributed by atoms with Crippen LogP contribution in [-0.2, 0) is 6.54 Å². The Kier molecular flexibility index (Phi) is 3.76. The monoisotopic (exact) mass is 213 g/mol. The predicted molar refractivity (Wildman–Crippen MR) is 37.1 cm³/mol. The molecule has 0 fully saturated rings. The maximum absolute atomic E-state index is 5.15. The highest BCUT2D eigenvalue weighted by molar-refractivity contribution is 9.10. The van der Waals surface area contributed by atoms with Gasteiger partial charge in [-0.2, -0.15) is 4.98 Å². The summed E-state index contributed by atoms with van der Waals surface area (Å²) in [6.45, 7) is 0.290. The van der Waals surface area contributed by atoms with Gasteiger partial charge in [0.1, 0.15) is 0 Å². The van der Waals surface area contributed by atoms with Crippen LogP contribution in [0.1, 0.15) is 5.89 Å². The normalized spacial score (nSPS) is 8.67. The molecule has 0 radical (unpaired) electrons. The highest BCUT2D eigenvalue weighted by Crippen LogP contribution is 2.01. The van der Waals surface area contributed by atoms with E-state index < -0.39 is 0 Å². The van der Waals surface area contributed by atoms with Gasteiger partial charge >= 0.3 is 0 Å². The van der Waals surface area contributed by atoms with Gasteiger partial charge in [0.05, 0.1) is 6.54 Å². The average Bonchev–Trinajstić information content (AvgIpc) is 2.14. The molecule has 0 saturated carbocycles. The summed E-state index contributed by atoms with van der Waals surface area (Å²) in [5, 5.41) is 3.44. The highest BCUT2D eigenvalue weighted by atomic mass is 79.9. The van der Waals surface area contributed by atoms with Crippen molar-refractivity contribution >= 4 is 28.3 Å². The van der Waals surface area contributed by atoms with E-state index in [1.54, 1.807) is 0 Å². The van der Waals surface area contributed by atoms with Crippen LogP contribution in [0.2, 0.25) is 0 Å². The van der Waals surface area contributed by atoms with Crippen molar-refractivity contribution in [1.29, 1.82) is 0 Å². The lowest BCUT2D eigenvalue weighted by Gasteiger charge is -1.75. The van der Waals surface area contributed by atoms with Crippen molar-refractivity contribution in [2.45, 2.75) is 6.54 Å². The second kappa shape index (κ2) is 3.81. The molecule has 0 bridgehead atoms. The van der Waals surface area contributed by atoms with Crippen LogP contribution >= 0.6 is 28.3 Å². The van der Waals surface area contributed by atoms with Crippen LogP contribution in [0.15, 0.2) is 9.26 Å². The molecule has 0 atom stereocenters. The van der Waals surface area contributed by atoms with E-state index in [1.807, 2.05) is 0 Å². The summed E-state index contributed by atoms with van der Waals surface area (Å²) < 4.78 is 5.02. The van der Waals surface area contributed by atoms with Gasteiger partial charge in [-0.1, -0.05) is 0 Å². The fourth-order valence-corrected chi connectivity index (χ4v) is 0.587. The first kappa shape index (κ1) is 8.87. The average molecular weight is 214 g/mol. The molecule has 0 aliphatic rings. The van der Waals surface area contributed by atoms with Gasteiger partial charge in [0.15, 0.2) is 0 Å². The molecule has 0 spiro atoms. The van der Waals surface area contributed by atoms with Crippen LogP contribution in [0.3, 0.4) is 0 Å². The van der Waals surface area contributed by atoms with Gasteiger partial charge in [0, 0.05) is 0 Å². The SMILES string of the molecule is Cl.NCc1nc(Br)no1. The first-order valence-electron chi connectivity index (χ1n) is 2.01. The second-order valence-corrected chi connectivity index (χ2v) is 1.87. The van der Waals surface area contributed by atoms with Gasteiger partial charge in [0.25, 0.3) is 0 Å². The molecule has 9 heavy (non-hydrogen) atoms. The zero-order valence-electron chi connectivity index (χ0n) is 4.37. The predicted octanol–water partition coefficient (Wildman–Crippen LogP) is 0.713. The molecule has 0 aliphatic carbocycles. The molecule has 0 aromatic carbocycles. The van der Waals surface area contributed by atoms with Crippen molar-refractivity contribution in [2.24, 2.45) is 5.73 Å². The Morgan fingerprint density at radius 3 is 2.56 bits per heavy atom. The summed E-state index contributed by atoms with van der Waals surface area (Å²) in [5.74, 6) is 0.442. The van der Waals surface area contributed by atoms with Gasteiger partial charge in [-0.15, -0.1) is 12.4 Å². The summed E-state index contributed by atoms with van der Waals surface area (Å²) in [4.78, 5) is 3.74. The maximum Gasteiger partial charge on any atom is 0.241 e. The van der Waals surface area contributed by atoms with Gasteiger partial charge < -0.3 is 10.3 Å². The summed E-state index contributed by atoms with van der Waals surface area (Å²) in [5.41, 5.74) is 5.15. The fraction of sp³-hybridized carbons (Fsp3) is 0.333. The number of hydrogen-bond acceptors (Lipinski definition) is 4. The van der Waals surface area contributed by atoms with E-state index in [2.05, 4.69) is 30.6 Å². The van der Waals surface area contributed by atoms with Crippen LogP contribution in [0.5, 0.6) is 0 Å². The summed E-state index contributed by atoms with van der Waals surface area (Å²) in [6, 6.07) is 0. The molecule has 6 heteroatoms. The van der Waals surface area contributed by atoms with E-state index in [1.165, 1.54) is 0 Å². The van der Waals surface area contributed by atoms with E-state index in [0.717, 1.165) is 0 Å². The van der Waals surface area contributed by atoms with Gasteiger partial charge in [-0.3, -0.25) is 0 Å². The zero-order valence-corrected chi connectivity index (χ0v) is 6.78. The van der Waals surface area contributed by atoms with Gasteiger partial charge in [0.2, 0.25) is 10.6 Å². The van der Waals surface area contributed by atoms with Crippen LogP contribution in [0.25, 0.3) is 0 Å². The van der Waals surface area contributed by atoms with E-state index in [9.17, 15) is 0 Å². The van der Waals surface area contributed by atoms with E-state index in [4.69, 9.17) is 5.73 Å². The Morgan fingerprint density at radius 1 is 1.67 bits per heavy atom. The molecule has 0 saturated heterocycles. The summed E-state index contributed by atoms with van der Waals surface area (Å²) in [6.07, 6.45) is 0. The molecular formula is C3H5BrClN3O. The molecule has 52 valence electrons. The minimum Gasteiger partial charge on any atom is -0.337 e. The fourth-order valence-electron chi connectivity index (χ4n) is 0.317. The molecule has 1 aromatic heterocycles. The lowest BCUT2D eigenvalue weighted by Crippen LogP contribution is -1.95. The molecule has 0 amide bonds. The first-order chi connectivity index (χ1) is 3.83. The number of aromatic nitrogens is 2. The molecule has 0 unspecified atom stereocenters. The molecule has 2 N–H and O–H groups in total. The zero-order chi connectivity index (χ0) is 5.98. The first-order valence-corrected chi connectivity index (χ1v) is 2.80. The Morgan fingerprint density at radius 2 is 2.33 bits per heavy atom. The highest BCUT2D eigenvalue weighted by Gasteiger charge is 1.97. The second-order valence-electron chi connectivity index (χ2n) is 1.16. The van der Waals surface area contributed by atoms with Crippen molar-refractivity contribution in [3.63, 3.8) is 0 Å². The minimum absolute atomic E-state index is 0. The number of nitrogens with zero attached hydrogens (tertiary/aromatic N) is 2. The van der Waals surface area contributed by atoms with E-state index >= 15 is 0 Å². The Bertz CT molecular complexity index is 179. The van der Waals surface area contributed by atoms with Crippen LogP contribution < -0.4 is 5.73 Å². The van der Waals surface area contributed by atoms with Crippen molar-refractivity contribution in [2.75, 3.05) is 0 Å². The van der Waals surface area contributed by atoms with Crippen LogP contribution in [0, 0.1) is 0 Å². The summed E-state index contributed by atoms with van der Waals surface area (Å²) in [7, 11) is 0. The molecule has 1 heterocycles. The number of halogens is 2. The molecular weight excluding hydrogens is 209 g/mol. The number of rotatable bonds is 1.